The number of carboxylic acid groups (broad SMARTS) is 1. The van der Waals surface area contributed by atoms with E-state index in [0.717, 1.165) is 42.3 Å². The number of carbonyl (C=O) groups is 1. The van der Waals surface area contributed by atoms with Gasteiger partial charge in [0.2, 0.25) is 0 Å². The molecule has 10 heteroatoms. The van der Waals surface area contributed by atoms with E-state index in [1.807, 2.05) is 12.1 Å². The second-order valence-electron chi connectivity index (χ2n) is 7.59. The Morgan fingerprint density at radius 1 is 1.27 bits per heavy atom. The molecule has 0 amide bonds. The third kappa shape index (κ3) is 4.71. The van der Waals surface area contributed by atoms with Crippen LogP contribution in [0.5, 0.6) is 11.5 Å². The molecule has 0 spiro atoms. The van der Waals surface area contributed by atoms with Crippen LogP contribution >= 0.6 is 12.1 Å². The molecule has 2 fully saturated rings. The van der Waals surface area contributed by atoms with Crippen molar-refractivity contribution >= 4 is 35.3 Å². The van der Waals surface area contributed by atoms with Crippen LogP contribution in [-0.2, 0) is 4.79 Å². The highest BCUT2D eigenvalue weighted by molar-refractivity contribution is 7.95. The molecule has 0 atom stereocenters. The first kappa shape index (κ1) is 22.4. The zero-order chi connectivity index (χ0) is 21.6. The number of rotatable bonds is 7. The normalized spacial score (nSPS) is 17.8. The van der Waals surface area contributed by atoms with Crippen LogP contribution in [-0.4, -0.2) is 55.4 Å². The van der Waals surface area contributed by atoms with Crippen molar-refractivity contribution in [1.29, 1.82) is 0 Å². The number of piperidine rings is 1. The summed E-state index contributed by atoms with van der Waals surface area (Å²) in [6.45, 7) is 2.80. The van der Waals surface area contributed by atoms with Gasteiger partial charge in [0.25, 0.3) is 6.47 Å². The molecule has 1 saturated carbocycles. The number of hydrogen-bond donors (Lipinski definition) is 3. The lowest BCUT2D eigenvalue weighted by molar-refractivity contribution is -0.122. The van der Waals surface area contributed by atoms with Gasteiger partial charge in [-0.05, 0) is 43.1 Å². The number of ether oxygens (including phenoxy) is 2. The van der Waals surface area contributed by atoms with Crippen LogP contribution in [0.15, 0.2) is 18.5 Å². The lowest BCUT2D eigenvalue weighted by atomic mass is 9.81. The van der Waals surface area contributed by atoms with Gasteiger partial charge in [-0.1, -0.05) is 0 Å². The van der Waals surface area contributed by atoms with Gasteiger partial charge < -0.3 is 19.5 Å². The van der Waals surface area contributed by atoms with Crippen molar-refractivity contribution in [2.24, 2.45) is 16.5 Å². The SMILES string of the molecule is COc1cc2ncnc(N3CCC(C4(CNSN)CC4)CC3)c2cc1OC.O=CO. The first-order chi connectivity index (χ1) is 14.6. The van der Waals surface area contributed by atoms with Crippen molar-refractivity contribution in [2.45, 2.75) is 25.7 Å². The average molecular weight is 436 g/mol. The van der Waals surface area contributed by atoms with Gasteiger partial charge in [0.1, 0.15) is 12.1 Å². The second-order valence-corrected chi connectivity index (χ2v) is 8.11. The molecule has 2 aromatic rings. The molecule has 1 aliphatic carbocycles. The maximum Gasteiger partial charge on any atom is 0.290 e. The molecule has 2 aliphatic rings. The van der Waals surface area contributed by atoms with Gasteiger partial charge in [0.05, 0.1) is 19.7 Å². The highest BCUT2D eigenvalue weighted by Gasteiger charge is 2.49. The zero-order valence-corrected chi connectivity index (χ0v) is 18.2. The Labute approximate surface area is 180 Å². The maximum atomic E-state index is 8.36. The predicted molar refractivity (Wildman–Crippen MR) is 118 cm³/mol. The molecule has 1 aliphatic heterocycles. The van der Waals surface area contributed by atoms with Gasteiger partial charge in [-0.15, -0.1) is 0 Å². The van der Waals surface area contributed by atoms with Crippen LogP contribution in [0.3, 0.4) is 0 Å². The highest BCUT2D eigenvalue weighted by Crippen LogP contribution is 2.55. The molecule has 0 radical (unpaired) electrons. The molecule has 1 saturated heterocycles. The number of aromatic nitrogens is 2. The summed E-state index contributed by atoms with van der Waals surface area (Å²) in [5.41, 5.74) is 1.34. The monoisotopic (exact) mass is 435 g/mol. The van der Waals surface area contributed by atoms with Crippen LogP contribution < -0.4 is 24.2 Å². The van der Waals surface area contributed by atoms with E-state index in [-0.39, 0.29) is 6.47 Å². The van der Waals surface area contributed by atoms with Crippen LogP contribution in [0.2, 0.25) is 0 Å². The Morgan fingerprint density at radius 2 is 1.90 bits per heavy atom. The fraction of sp³-hybridized carbons (Fsp3) is 0.550. The predicted octanol–water partition coefficient (Wildman–Crippen LogP) is 2.46. The van der Waals surface area contributed by atoms with Crippen LogP contribution in [0.25, 0.3) is 10.9 Å². The number of methoxy groups -OCH3 is 2. The summed E-state index contributed by atoms with van der Waals surface area (Å²) in [5, 5.41) is 13.5. The van der Waals surface area contributed by atoms with Crippen LogP contribution in [0.4, 0.5) is 5.82 Å². The minimum atomic E-state index is -0.250. The second kappa shape index (κ2) is 10.1. The summed E-state index contributed by atoms with van der Waals surface area (Å²) >= 11 is 1.24. The number of hydrogen-bond acceptors (Lipinski definition) is 9. The molecule has 9 nitrogen and oxygen atoms in total. The fourth-order valence-electron chi connectivity index (χ4n) is 4.40. The third-order valence-corrected chi connectivity index (χ3v) is 6.49. The van der Waals surface area contributed by atoms with Crippen molar-refractivity contribution in [3.63, 3.8) is 0 Å². The smallest absolute Gasteiger partial charge is 0.290 e. The number of nitrogens with zero attached hydrogens (tertiary/aromatic N) is 3. The van der Waals surface area contributed by atoms with E-state index in [1.165, 1.54) is 37.8 Å². The van der Waals surface area contributed by atoms with E-state index in [0.29, 0.717) is 16.9 Å². The van der Waals surface area contributed by atoms with Crippen molar-refractivity contribution in [2.75, 3.05) is 38.8 Å². The molecular formula is C20H29N5O4S. The van der Waals surface area contributed by atoms with E-state index in [1.54, 1.807) is 20.5 Å². The first-order valence-electron chi connectivity index (χ1n) is 9.90. The molecule has 164 valence electrons. The average Bonchev–Trinajstić information content (AvgIpc) is 3.58. The summed E-state index contributed by atoms with van der Waals surface area (Å²) in [6.07, 6.45) is 6.66. The summed E-state index contributed by atoms with van der Waals surface area (Å²) in [4.78, 5) is 19.8. The number of nitrogens with two attached hydrogens (primary N) is 1. The van der Waals surface area contributed by atoms with E-state index in [2.05, 4.69) is 19.6 Å². The first-order valence-corrected chi connectivity index (χ1v) is 10.8. The minimum Gasteiger partial charge on any atom is -0.493 e. The van der Waals surface area contributed by atoms with Gasteiger partial charge in [-0.2, -0.15) is 0 Å². The standard InChI is InChI=1S/C19H27N5O2S.CH2O2/c1-25-16-9-14-15(10-17(16)26-2)21-12-22-18(14)24-7-3-13(4-8-24)19(5-6-19)11-23-27-20;2-1-3/h9-10,12-13,23H,3-8,11,20H2,1-2H3;1H,(H,2,3). The fourth-order valence-corrected chi connectivity index (χ4v) is 4.77. The van der Waals surface area contributed by atoms with Gasteiger partial charge in [0.15, 0.2) is 11.5 Å². The number of fused-ring (bicyclic) bond motifs is 1. The van der Waals surface area contributed by atoms with Crippen LogP contribution in [0, 0.1) is 11.3 Å². The number of benzene rings is 1. The molecule has 1 aromatic heterocycles. The summed E-state index contributed by atoms with van der Waals surface area (Å²) in [7, 11) is 3.30. The Bertz CT molecular complexity index is 856. The molecule has 4 rings (SSSR count). The molecule has 0 unspecified atom stereocenters. The van der Waals surface area contributed by atoms with E-state index in [4.69, 9.17) is 24.5 Å². The molecule has 4 N–H and O–H groups in total. The lowest BCUT2D eigenvalue weighted by Crippen LogP contribution is -2.39. The highest BCUT2D eigenvalue weighted by atomic mass is 32.2. The Hall–Kier alpha value is -2.30. The largest absolute Gasteiger partial charge is 0.493 e. The zero-order valence-electron chi connectivity index (χ0n) is 17.3. The number of nitrogens with one attached hydrogen (secondary N) is 1. The topological polar surface area (TPSA) is 123 Å². The maximum absolute atomic E-state index is 8.36. The van der Waals surface area contributed by atoms with E-state index in [9.17, 15) is 0 Å². The Kier molecular flexibility index (Phi) is 7.57. The summed E-state index contributed by atoms with van der Waals surface area (Å²) in [6, 6.07) is 3.90. The lowest BCUT2D eigenvalue weighted by Gasteiger charge is -2.37. The quantitative estimate of drug-likeness (QED) is 0.441. The van der Waals surface area contributed by atoms with Gasteiger partial charge in [-0.25, -0.2) is 9.97 Å². The van der Waals surface area contributed by atoms with E-state index < -0.39 is 0 Å². The van der Waals surface area contributed by atoms with Gasteiger partial charge in [0, 0.05) is 43.2 Å². The van der Waals surface area contributed by atoms with Crippen molar-refractivity contribution in [3.05, 3.63) is 18.5 Å². The van der Waals surface area contributed by atoms with Crippen molar-refractivity contribution in [1.82, 2.24) is 14.7 Å². The van der Waals surface area contributed by atoms with Crippen molar-refractivity contribution in [3.8, 4) is 11.5 Å². The number of anilines is 1. The Morgan fingerprint density at radius 3 is 2.47 bits per heavy atom. The van der Waals surface area contributed by atoms with Crippen LogP contribution in [0.1, 0.15) is 25.7 Å². The van der Waals surface area contributed by atoms with Crippen molar-refractivity contribution < 1.29 is 19.4 Å². The third-order valence-electron chi connectivity index (χ3n) is 6.18. The molecule has 1 aromatic carbocycles. The summed E-state index contributed by atoms with van der Waals surface area (Å²) in [5.74, 6) is 3.14. The van der Waals surface area contributed by atoms with Gasteiger partial charge in [-0.3, -0.25) is 14.7 Å². The molecule has 30 heavy (non-hydrogen) atoms. The Balaban J connectivity index is 0.000000806. The molecule has 0 bridgehead atoms. The molecule has 2 heterocycles. The van der Waals surface area contributed by atoms with E-state index >= 15 is 0 Å². The van der Waals surface area contributed by atoms with Gasteiger partial charge >= 0.3 is 0 Å². The minimum absolute atomic E-state index is 0.250. The molecular weight excluding hydrogens is 406 g/mol. The summed E-state index contributed by atoms with van der Waals surface area (Å²) < 4.78 is 14.2.